The van der Waals surface area contributed by atoms with E-state index in [1.165, 1.54) is 18.1 Å². The van der Waals surface area contributed by atoms with E-state index in [1.54, 1.807) is 6.07 Å². The Kier molecular flexibility index (Phi) is 5.36. The molecule has 1 aliphatic rings. The molecule has 1 aliphatic carbocycles. The highest BCUT2D eigenvalue weighted by Crippen LogP contribution is 2.48. The topological polar surface area (TPSA) is 77.2 Å². The predicted octanol–water partition coefficient (Wildman–Crippen LogP) is 3.72. The molecule has 6 nitrogen and oxygen atoms in total. The molecule has 134 valence electrons. The Morgan fingerprint density at radius 2 is 2.24 bits per heavy atom. The quantitative estimate of drug-likeness (QED) is 0.607. The highest BCUT2D eigenvalue weighted by atomic mass is 35.5. The maximum absolute atomic E-state index is 11.6. The molecule has 3 rings (SSSR count). The van der Waals surface area contributed by atoms with Gasteiger partial charge in [0.15, 0.2) is 5.16 Å². The van der Waals surface area contributed by atoms with Crippen LogP contribution in [0.4, 0.5) is 4.79 Å². The maximum atomic E-state index is 11.6. The fourth-order valence-electron chi connectivity index (χ4n) is 3.06. The lowest BCUT2D eigenvalue weighted by Gasteiger charge is -2.35. The standard InChI is InChI=1S/C17H20ClN3O3S/c1-11(12-7-8-12)17(23,13-5-3-4-6-14(13)18)9-21-15(19-10-20-21)25-16(22)24-2/h3-6,10-12,23H,7-9H2,1-2H3. The SMILES string of the molecule is COC(=O)Sc1ncnn1CC(O)(c1ccccc1Cl)C(C)C1CC1. The van der Waals surface area contributed by atoms with Crippen molar-refractivity contribution < 1.29 is 14.6 Å². The van der Waals surface area contributed by atoms with Crippen LogP contribution < -0.4 is 0 Å². The third kappa shape index (κ3) is 3.83. The van der Waals surface area contributed by atoms with Gasteiger partial charge in [0, 0.05) is 22.3 Å². The van der Waals surface area contributed by atoms with E-state index in [0.29, 0.717) is 21.7 Å². The maximum Gasteiger partial charge on any atom is 0.374 e. The molecule has 25 heavy (non-hydrogen) atoms. The molecule has 1 aromatic heterocycles. The number of carbonyl (C=O) groups is 1. The molecule has 1 fully saturated rings. The number of aliphatic hydroxyl groups is 1. The third-order valence-electron chi connectivity index (χ3n) is 4.73. The van der Waals surface area contributed by atoms with Crippen molar-refractivity contribution in [3.63, 3.8) is 0 Å². The zero-order chi connectivity index (χ0) is 18.0. The second kappa shape index (κ2) is 7.35. The summed E-state index contributed by atoms with van der Waals surface area (Å²) in [5.41, 5.74) is -0.542. The first-order valence-corrected chi connectivity index (χ1v) is 9.26. The second-order valence-corrected chi connectivity index (χ2v) is 7.60. The fraction of sp³-hybridized carbons (Fsp3) is 0.471. The molecular weight excluding hydrogens is 362 g/mol. The lowest BCUT2D eigenvalue weighted by Crippen LogP contribution is -2.40. The van der Waals surface area contributed by atoms with Gasteiger partial charge in [0.2, 0.25) is 0 Å². The van der Waals surface area contributed by atoms with Crippen LogP contribution in [0.3, 0.4) is 0 Å². The van der Waals surface area contributed by atoms with Gasteiger partial charge >= 0.3 is 5.30 Å². The van der Waals surface area contributed by atoms with Gasteiger partial charge in [-0.1, -0.05) is 36.7 Å². The molecule has 0 aliphatic heterocycles. The number of hydrogen-bond donors (Lipinski definition) is 1. The van der Waals surface area contributed by atoms with Gasteiger partial charge in [0.1, 0.15) is 11.9 Å². The van der Waals surface area contributed by atoms with Crippen molar-refractivity contribution >= 4 is 28.7 Å². The Morgan fingerprint density at radius 1 is 1.52 bits per heavy atom. The molecular formula is C17H20ClN3O3S. The van der Waals surface area contributed by atoms with Gasteiger partial charge in [-0.15, -0.1) is 0 Å². The molecule has 1 N–H and O–H groups in total. The minimum Gasteiger partial charge on any atom is -0.461 e. The molecule has 0 radical (unpaired) electrons. The van der Waals surface area contributed by atoms with Crippen LogP contribution in [0.15, 0.2) is 35.7 Å². The number of halogens is 1. The first kappa shape index (κ1) is 18.2. The molecule has 0 spiro atoms. The smallest absolute Gasteiger partial charge is 0.374 e. The summed E-state index contributed by atoms with van der Waals surface area (Å²) in [7, 11) is 1.31. The normalized spacial score (nSPS) is 17.8. The fourth-order valence-corrected chi connectivity index (χ4v) is 3.91. The largest absolute Gasteiger partial charge is 0.461 e. The third-order valence-corrected chi connectivity index (χ3v) is 5.90. The molecule has 2 aromatic rings. The van der Waals surface area contributed by atoms with E-state index in [-0.39, 0.29) is 12.5 Å². The van der Waals surface area contributed by atoms with Gasteiger partial charge in [-0.05, 0) is 30.7 Å². The van der Waals surface area contributed by atoms with E-state index >= 15 is 0 Å². The molecule has 1 aromatic carbocycles. The molecule has 0 bridgehead atoms. The Labute approximate surface area is 155 Å². The molecule has 2 unspecified atom stereocenters. The van der Waals surface area contributed by atoms with Crippen LogP contribution in [0.5, 0.6) is 0 Å². The number of methoxy groups -OCH3 is 1. The van der Waals surface area contributed by atoms with Crippen molar-refractivity contribution in [2.24, 2.45) is 11.8 Å². The van der Waals surface area contributed by atoms with E-state index in [0.717, 1.165) is 24.6 Å². The number of carbonyl (C=O) groups excluding carboxylic acids is 1. The highest BCUT2D eigenvalue weighted by molar-refractivity contribution is 8.13. The molecule has 0 saturated heterocycles. The molecule has 2 atom stereocenters. The summed E-state index contributed by atoms with van der Waals surface area (Å²) < 4.78 is 6.20. The van der Waals surface area contributed by atoms with Crippen LogP contribution in [0, 0.1) is 11.8 Å². The molecule has 1 heterocycles. The van der Waals surface area contributed by atoms with E-state index in [4.69, 9.17) is 11.6 Å². The van der Waals surface area contributed by atoms with E-state index in [2.05, 4.69) is 14.8 Å². The zero-order valence-corrected chi connectivity index (χ0v) is 15.6. The first-order chi connectivity index (χ1) is 12.0. The van der Waals surface area contributed by atoms with Crippen molar-refractivity contribution in [3.05, 3.63) is 41.2 Å². The van der Waals surface area contributed by atoms with Crippen molar-refractivity contribution in [1.29, 1.82) is 0 Å². The number of rotatable bonds is 6. The lowest BCUT2D eigenvalue weighted by atomic mass is 9.79. The average Bonchev–Trinajstić information content (AvgIpc) is 3.37. The Balaban J connectivity index is 1.95. The van der Waals surface area contributed by atoms with E-state index < -0.39 is 10.9 Å². The van der Waals surface area contributed by atoms with Crippen LogP contribution in [-0.2, 0) is 16.9 Å². The minimum absolute atomic E-state index is 0.00687. The van der Waals surface area contributed by atoms with Gasteiger partial charge in [-0.2, -0.15) is 5.10 Å². The highest BCUT2D eigenvalue weighted by Gasteiger charge is 2.45. The number of hydrogen-bond acceptors (Lipinski definition) is 6. The lowest BCUT2D eigenvalue weighted by molar-refractivity contribution is -0.0461. The number of thioether (sulfide) groups is 1. The van der Waals surface area contributed by atoms with Gasteiger partial charge in [-0.3, -0.25) is 0 Å². The summed E-state index contributed by atoms with van der Waals surface area (Å²) in [5.74, 6) is 0.439. The summed E-state index contributed by atoms with van der Waals surface area (Å²) in [6, 6.07) is 7.30. The van der Waals surface area contributed by atoms with Gasteiger partial charge in [-0.25, -0.2) is 14.5 Å². The van der Waals surface area contributed by atoms with Crippen LogP contribution in [0.25, 0.3) is 0 Å². The average molecular weight is 382 g/mol. The summed E-state index contributed by atoms with van der Waals surface area (Å²) in [6.07, 6.45) is 3.55. The van der Waals surface area contributed by atoms with Crippen molar-refractivity contribution in [2.75, 3.05) is 7.11 Å². The minimum atomic E-state index is -1.21. The van der Waals surface area contributed by atoms with Crippen LogP contribution in [-0.4, -0.2) is 32.3 Å². The van der Waals surface area contributed by atoms with Crippen LogP contribution >= 0.6 is 23.4 Å². The Hall–Kier alpha value is -1.57. The predicted molar refractivity (Wildman–Crippen MR) is 95.5 cm³/mol. The first-order valence-electron chi connectivity index (χ1n) is 8.06. The van der Waals surface area contributed by atoms with E-state index in [9.17, 15) is 9.90 Å². The molecule has 1 saturated carbocycles. The number of aromatic nitrogens is 3. The summed E-state index contributed by atoms with van der Waals surface area (Å²) in [6.45, 7) is 2.19. The van der Waals surface area contributed by atoms with Crippen LogP contribution in [0.1, 0.15) is 25.3 Å². The number of ether oxygens (including phenoxy) is 1. The zero-order valence-electron chi connectivity index (χ0n) is 14.1. The summed E-state index contributed by atoms with van der Waals surface area (Å²) in [5, 5.41) is 16.2. The van der Waals surface area contributed by atoms with E-state index in [1.807, 2.05) is 25.1 Å². The van der Waals surface area contributed by atoms with Crippen LogP contribution in [0.2, 0.25) is 5.02 Å². The van der Waals surface area contributed by atoms with Crippen molar-refractivity contribution in [2.45, 2.75) is 37.1 Å². The van der Waals surface area contributed by atoms with Gasteiger partial charge in [0.25, 0.3) is 0 Å². The number of nitrogens with zero attached hydrogens (tertiary/aromatic N) is 3. The summed E-state index contributed by atoms with van der Waals surface area (Å²) in [4.78, 5) is 15.6. The monoisotopic (exact) mass is 381 g/mol. The molecule has 8 heteroatoms. The summed E-state index contributed by atoms with van der Waals surface area (Å²) >= 11 is 7.22. The van der Waals surface area contributed by atoms with Crippen molar-refractivity contribution in [1.82, 2.24) is 14.8 Å². The molecule has 0 amide bonds. The Morgan fingerprint density at radius 3 is 2.88 bits per heavy atom. The van der Waals surface area contributed by atoms with Gasteiger partial charge < -0.3 is 9.84 Å². The van der Waals surface area contributed by atoms with Crippen molar-refractivity contribution in [3.8, 4) is 0 Å². The second-order valence-electron chi connectivity index (χ2n) is 6.29. The Bertz CT molecular complexity index is 765. The number of benzene rings is 1. The van der Waals surface area contributed by atoms with Gasteiger partial charge in [0.05, 0.1) is 13.7 Å².